The summed E-state index contributed by atoms with van der Waals surface area (Å²) >= 11 is 1.36. The first-order chi connectivity index (χ1) is 10.7. The summed E-state index contributed by atoms with van der Waals surface area (Å²) in [4.78, 5) is 15.3. The quantitative estimate of drug-likeness (QED) is 0.774. The van der Waals surface area contributed by atoms with Gasteiger partial charge in [0.05, 0.1) is 24.3 Å². The van der Waals surface area contributed by atoms with Gasteiger partial charge in [-0.2, -0.15) is 0 Å². The van der Waals surface area contributed by atoms with Crippen LogP contribution in [0.25, 0.3) is 22.0 Å². The zero-order valence-corrected chi connectivity index (χ0v) is 12.9. The Bertz CT molecular complexity index is 826. The Balaban J connectivity index is 2.16. The van der Waals surface area contributed by atoms with Crippen molar-refractivity contribution >= 4 is 28.1 Å². The van der Waals surface area contributed by atoms with Crippen molar-refractivity contribution in [2.45, 2.75) is 13.3 Å². The van der Waals surface area contributed by atoms with Gasteiger partial charge in [-0.05, 0) is 23.8 Å². The van der Waals surface area contributed by atoms with Crippen LogP contribution in [-0.4, -0.2) is 22.7 Å². The first-order valence-corrected chi connectivity index (χ1v) is 7.88. The van der Waals surface area contributed by atoms with Crippen LogP contribution in [0.5, 0.6) is 5.75 Å². The van der Waals surface area contributed by atoms with Crippen LogP contribution < -0.4 is 4.74 Å². The number of aromatic nitrogens is 1. The molecule has 0 aliphatic carbocycles. The van der Waals surface area contributed by atoms with Gasteiger partial charge >= 0.3 is 5.97 Å². The average Bonchev–Trinajstić information content (AvgIpc) is 2.94. The predicted molar refractivity (Wildman–Crippen MR) is 87.6 cm³/mol. The van der Waals surface area contributed by atoms with E-state index in [2.05, 4.69) is 4.98 Å². The zero-order valence-electron chi connectivity index (χ0n) is 12.1. The molecule has 0 aliphatic heterocycles. The van der Waals surface area contributed by atoms with Gasteiger partial charge in [0, 0.05) is 5.38 Å². The lowest BCUT2D eigenvalue weighted by Gasteiger charge is -2.11. The number of nitrogens with zero attached hydrogens (tertiary/aromatic N) is 1. The maximum atomic E-state index is 10.8. The Morgan fingerprint density at radius 2 is 2.09 bits per heavy atom. The topological polar surface area (TPSA) is 59.4 Å². The summed E-state index contributed by atoms with van der Waals surface area (Å²) < 4.78 is 5.74. The van der Waals surface area contributed by atoms with Crippen molar-refractivity contribution < 1.29 is 14.6 Å². The van der Waals surface area contributed by atoms with Gasteiger partial charge in [0.25, 0.3) is 0 Å². The van der Waals surface area contributed by atoms with Crippen molar-refractivity contribution in [1.29, 1.82) is 0 Å². The number of aliphatic carboxylic acids is 1. The molecule has 1 N–H and O–H groups in total. The summed E-state index contributed by atoms with van der Waals surface area (Å²) in [6.45, 7) is 2.51. The van der Waals surface area contributed by atoms with Gasteiger partial charge in [-0.15, -0.1) is 11.3 Å². The minimum Gasteiger partial charge on any atom is -0.493 e. The van der Waals surface area contributed by atoms with Crippen LogP contribution in [-0.2, 0) is 11.2 Å². The Morgan fingerprint density at radius 1 is 1.27 bits per heavy atom. The Hall–Kier alpha value is -2.40. The standard InChI is InChI=1S/C17H15NO3S/c1-2-21-14-8-7-11-5-3-4-6-12(11)17(14)13-10-22-15(18-13)9-16(19)20/h3-8,10H,2,9H2,1H3,(H,19,20). The molecule has 5 heteroatoms. The molecular formula is C17H15NO3S. The summed E-state index contributed by atoms with van der Waals surface area (Å²) in [6, 6.07) is 12.0. The molecule has 2 aromatic carbocycles. The molecule has 0 atom stereocenters. The first-order valence-electron chi connectivity index (χ1n) is 7.00. The number of hydrogen-bond donors (Lipinski definition) is 1. The second-order valence-electron chi connectivity index (χ2n) is 4.79. The lowest BCUT2D eigenvalue weighted by Crippen LogP contribution is -1.99. The maximum absolute atomic E-state index is 10.8. The third-order valence-corrected chi connectivity index (χ3v) is 4.15. The lowest BCUT2D eigenvalue weighted by molar-refractivity contribution is -0.136. The van der Waals surface area contributed by atoms with Crippen molar-refractivity contribution in [3.8, 4) is 17.0 Å². The van der Waals surface area contributed by atoms with Crippen molar-refractivity contribution in [2.75, 3.05) is 6.61 Å². The molecule has 0 fully saturated rings. The smallest absolute Gasteiger partial charge is 0.310 e. The fraction of sp³-hybridized carbons (Fsp3) is 0.176. The van der Waals surface area contributed by atoms with E-state index in [9.17, 15) is 4.79 Å². The Labute approximate surface area is 132 Å². The fourth-order valence-electron chi connectivity index (χ4n) is 2.43. The van der Waals surface area contributed by atoms with E-state index < -0.39 is 5.97 Å². The number of carboxylic acids is 1. The van der Waals surface area contributed by atoms with Crippen molar-refractivity contribution in [1.82, 2.24) is 4.98 Å². The monoisotopic (exact) mass is 313 g/mol. The SMILES string of the molecule is CCOc1ccc2ccccc2c1-c1csc(CC(=O)O)n1. The van der Waals surface area contributed by atoms with Gasteiger partial charge in [0.1, 0.15) is 10.8 Å². The van der Waals surface area contributed by atoms with Gasteiger partial charge in [-0.1, -0.05) is 30.3 Å². The van der Waals surface area contributed by atoms with E-state index in [0.29, 0.717) is 11.6 Å². The van der Waals surface area contributed by atoms with Crippen molar-refractivity contribution in [3.05, 3.63) is 46.8 Å². The molecule has 0 saturated carbocycles. The highest BCUT2D eigenvalue weighted by Crippen LogP contribution is 2.37. The average molecular weight is 313 g/mol. The van der Waals surface area contributed by atoms with E-state index in [1.807, 2.05) is 48.7 Å². The van der Waals surface area contributed by atoms with Gasteiger partial charge in [0.15, 0.2) is 0 Å². The number of ether oxygens (including phenoxy) is 1. The van der Waals surface area contributed by atoms with Crippen molar-refractivity contribution in [3.63, 3.8) is 0 Å². The number of thiazole rings is 1. The molecule has 3 rings (SSSR count). The molecule has 1 aromatic heterocycles. The van der Waals surface area contributed by atoms with Crippen molar-refractivity contribution in [2.24, 2.45) is 0 Å². The number of benzene rings is 2. The number of hydrogen-bond acceptors (Lipinski definition) is 4. The summed E-state index contributed by atoms with van der Waals surface area (Å²) in [5.41, 5.74) is 1.69. The number of carbonyl (C=O) groups is 1. The van der Waals surface area contributed by atoms with Gasteiger partial charge < -0.3 is 9.84 Å². The second kappa shape index (κ2) is 6.15. The summed E-state index contributed by atoms with van der Waals surface area (Å²) in [6.07, 6.45) is -0.0561. The fourth-order valence-corrected chi connectivity index (χ4v) is 3.20. The molecule has 4 nitrogen and oxygen atoms in total. The summed E-state index contributed by atoms with van der Waals surface area (Å²) in [5.74, 6) is -0.0998. The number of fused-ring (bicyclic) bond motifs is 1. The van der Waals surface area contributed by atoms with Crippen LogP contribution in [0.3, 0.4) is 0 Å². The molecule has 0 spiro atoms. The molecule has 0 aliphatic rings. The van der Waals surface area contributed by atoms with Crippen LogP contribution >= 0.6 is 11.3 Å². The van der Waals surface area contributed by atoms with E-state index in [0.717, 1.165) is 27.8 Å². The maximum Gasteiger partial charge on any atom is 0.310 e. The van der Waals surface area contributed by atoms with E-state index >= 15 is 0 Å². The van der Waals surface area contributed by atoms with E-state index in [1.165, 1.54) is 11.3 Å². The number of rotatable bonds is 5. The third kappa shape index (κ3) is 2.80. The molecule has 0 saturated heterocycles. The summed E-state index contributed by atoms with van der Waals surface area (Å²) in [5, 5.41) is 13.5. The molecule has 1 heterocycles. The van der Waals surface area contributed by atoms with Crippen LogP contribution in [0.2, 0.25) is 0 Å². The van der Waals surface area contributed by atoms with Crippen LogP contribution in [0, 0.1) is 0 Å². The third-order valence-electron chi connectivity index (χ3n) is 3.30. The van der Waals surface area contributed by atoms with Crippen LogP contribution in [0.15, 0.2) is 41.8 Å². The highest BCUT2D eigenvalue weighted by atomic mass is 32.1. The molecule has 0 radical (unpaired) electrons. The normalized spacial score (nSPS) is 10.8. The molecule has 0 amide bonds. The minimum atomic E-state index is -0.871. The van der Waals surface area contributed by atoms with Crippen LogP contribution in [0.1, 0.15) is 11.9 Å². The highest BCUT2D eigenvalue weighted by Gasteiger charge is 2.15. The molecule has 0 bridgehead atoms. The Kier molecular flexibility index (Phi) is 4.06. The first kappa shape index (κ1) is 14.5. The summed E-state index contributed by atoms with van der Waals surface area (Å²) in [7, 11) is 0. The van der Waals surface area contributed by atoms with Crippen LogP contribution in [0.4, 0.5) is 0 Å². The highest BCUT2D eigenvalue weighted by molar-refractivity contribution is 7.10. The number of carboxylic acid groups (broad SMARTS) is 1. The van der Waals surface area contributed by atoms with Gasteiger partial charge in [0.2, 0.25) is 0 Å². The van der Waals surface area contributed by atoms with E-state index in [1.54, 1.807) is 0 Å². The largest absolute Gasteiger partial charge is 0.493 e. The minimum absolute atomic E-state index is 0.0561. The van der Waals surface area contributed by atoms with E-state index in [-0.39, 0.29) is 6.42 Å². The zero-order chi connectivity index (χ0) is 15.5. The molecular weight excluding hydrogens is 298 g/mol. The lowest BCUT2D eigenvalue weighted by atomic mass is 10.0. The molecule has 3 aromatic rings. The predicted octanol–water partition coefficient (Wildman–Crippen LogP) is 3.99. The molecule has 22 heavy (non-hydrogen) atoms. The molecule has 0 unspecified atom stereocenters. The second-order valence-corrected chi connectivity index (χ2v) is 5.73. The van der Waals surface area contributed by atoms with E-state index in [4.69, 9.17) is 9.84 Å². The van der Waals surface area contributed by atoms with Gasteiger partial charge in [-0.25, -0.2) is 4.98 Å². The van der Waals surface area contributed by atoms with Gasteiger partial charge in [-0.3, -0.25) is 4.79 Å². The Morgan fingerprint density at radius 3 is 2.86 bits per heavy atom. The molecule has 112 valence electrons.